The Labute approximate surface area is 186 Å². The maximum Gasteiger partial charge on any atom is 0.283 e. The number of rotatable bonds is 4. The molecule has 9 heteroatoms. The summed E-state index contributed by atoms with van der Waals surface area (Å²) >= 11 is 13.3. The molecule has 30 heavy (non-hydrogen) atoms. The van der Waals surface area contributed by atoms with Crippen LogP contribution in [0.4, 0.5) is 10.1 Å². The van der Waals surface area contributed by atoms with E-state index in [4.69, 9.17) is 23.2 Å². The second-order valence-electron chi connectivity index (χ2n) is 6.43. The normalized spacial score (nSPS) is 15.2. The lowest BCUT2D eigenvalue weighted by molar-refractivity contribution is -0.113. The summed E-state index contributed by atoms with van der Waals surface area (Å²) in [6, 6.07) is 11.1. The maximum atomic E-state index is 14.5. The van der Waals surface area contributed by atoms with E-state index in [0.29, 0.717) is 26.5 Å². The molecular formula is C21H15Cl2FN4OS. The summed E-state index contributed by atoms with van der Waals surface area (Å²) in [5.41, 5.74) is 0.991. The van der Waals surface area contributed by atoms with Gasteiger partial charge in [0, 0.05) is 19.4 Å². The number of nitrogens with zero attached hydrogens (tertiary/aromatic N) is 4. The van der Waals surface area contributed by atoms with Crippen molar-refractivity contribution < 1.29 is 9.18 Å². The number of thioether (sulfide) groups is 1. The van der Waals surface area contributed by atoms with Crippen LogP contribution in [0.3, 0.4) is 0 Å². The number of imidazole rings is 1. The van der Waals surface area contributed by atoms with Crippen molar-refractivity contribution in [3.05, 3.63) is 87.8 Å². The first kappa shape index (κ1) is 20.7. The molecule has 1 amide bonds. The predicted octanol–water partition coefficient (Wildman–Crippen LogP) is 5.54. The van der Waals surface area contributed by atoms with E-state index in [1.165, 1.54) is 22.7 Å². The van der Waals surface area contributed by atoms with Crippen molar-refractivity contribution in [1.82, 2.24) is 9.55 Å². The van der Waals surface area contributed by atoms with Crippen LogP contribution in [0.1, 0.15) is 11.4 Å². The van der Waals surface area contributed by atoms with Gasteiger partial charge in [-0.3, -0.25) is 9.69 Å². The van der Waals surface area contributed by atoms with E-state index in [2.05, 4.69) is 9.98 Å². The molecule has 0 atom stereocenters. The average molecular weight is 461 g/mol. The lowest BCUT2D eigenvalue weighted by Crippen LogP contribution is -2.31. The van der Waals surface area contributed by atoms with Gasteiger partial charge in [0.05, 0.1) is 21.5 Å². The molecule has 0 bridgehead atoms. The summed E-state index contributed by atoms with van der Waals surface area (Å²) in [6.45, 7) is 0. The molecule has 4 rings (SSSR count). The van der Waals surface area contributed by atoms with Gasteiger partial charge in [-0.1, -0.05) is 53.2 Å². The highest BCUT2D eigenvalue weighted by molar-refractivity contribution is 8.13. The first-order chi connectivity index (χ1) is 14.4. The number of halogens is 3. The van der Waals surface area contributed by atoms with Crippen molar-refractivity contribution in [2.24, 2.45) is 12.0 Å². The largest absolute Gasteiger partial charge is 0.337 e. The molecule has 3 aromatic rings. The molecule has 152 valence electrons. The third-order valence-corrected chi connectivity index (χ3v) is 6.09. The summed E-state index contributed by atoms with van der Waals surface area (Å²) in [4.78, 5) is 23.2. The van der Waals surface area contributed by atoms with Crippen LogP contribution >= 0.6 is 35.0 Å². The number of para-hydroxylation sites is 1. The van der Waals surface area contributed by atoms with E-state index in [0.717, 1.165) is 5.82 Å². The molecule has 0 radical (unpaired) electrons. The Balaban J connectivity index is 1.71. The van der Waals surface area contributed by atoms with Gasteiger partial charge >= 0.3 is 0 Å². The average Bonchev–Trinajstić information content (AvgIpc) is 3.26. The number of carbonyl (C=O) groups is 1. The van der Waals surface area contributed by atoms with Crippen LogP contribution in [0, 0.1) is 5.82 Å². The lowest BCUT2D eigenvalue weighted by Gasteiger charge is -2.18. The second-order valence-corrected chi connectivity index (χ2v) is 8.19. The van der Waals surface area contributed by atoms with Crippen molar-refractivity contribution in [3.8, 4) is 0 Å². The molecule has 0 spiro atoms. The number of hydrogen-bond acceptors (Lipinski definition) is 4. The summed E-state index contributed by atoms with van der Waals surface area (Å²) in [5.74, 6) is 0.353. The van der Waals surface area contributed by atoms with Crippen molar-refractivity contribution in [2.75, 3.05) is 4.90 Å². The molecule has 0 unspecified atom stereocenters. The Kier molecular flexibility index (Phi) is 5.94. The van der Waals surface area contributed by atoms with Crippen molar-refractivity contribution in [3.63, 3.8) is 0 Å². The van der Waals surface area contributed by atoms with Crippen molar-refractivity contribution in [2.45, 2.75) is 5.75 Å². The number of aliphatic imine (C=N–C) groups is 1. The lowest BCUT2D eigenvalue weighted by atomic mass is 10.2. The standard InChI is InChI=1S/C21H15Cl2FN4OS/c1-27-9-8-25-19(27)12-30-21-26-17(11-13-6-7-14(22)15(23)10-13)20(29)28(21)18-5-3-2-4-16(18)24/h2-11H,12H2,1H3/b17-11+. The van der Waals surface area contributed by atoms with Gasteiger partial charge in [-0.25, -0.2) is 14.4 Å². The van der Waals surface area contributed by atoms with Gasteiger partial charge in [0.2, 0.25) is 0 Å². The molecule has 0 saturated carbocycles. The Hall–Kier alpha value is -2.61. The molecule has 2 heterocycles. The highest BCUT2D eigenvalue weighted by atomic mass is 35.5. The van der Waals surface area contributed by atoms with E-state index in [9.17, 15) is 9.18 Å². The van der Waals surface area contributed by atoms with Gasteiger partial charge in [0.1, 0.15) is 17.3 Å². The van der Waals surface area contributed by atoms with Crippen molar-refractivity contribution >= 4 is 57.8 Å². The number of amides is 1. The molecule has 0 N–H and O–H groups in total. The molecule has 1 aliphatic rings. The minimum absolute atomic E-state index is 0.145. The van der Waals surface area contributed by atoms with Crippen LogP contribution in [0.25, 0.3) is 6.08 Å². The summed E-state index contributed by atoms with van der Waals surface area (Å²) in [6.07, 6.45) is 5.14. The van der Waals surface area contributed by atoms with Gasteiger partial charge < -0.3 is 4.57 Å². The SMILES string of the molecule is Cn1ccnc1CSC1=N/C(=C/c2ccc(Cl)c(Cl)c2)C(=O)N1c1ccccc1F. The summed E-state index contributed by atoms with van der Waals surface area (Å²) in [5, 5.41) is 1.16. The van der Waals surface area contributed by atoms with Crippen LogP contribution in [0.15, 0.2) is 65.5 Å². The number of hydrogen-bond donors (Lipinski definition) is 0. The fraction of sp³-hybridized carbons (Fsp3) is 0.0952. The van der Waals surface area contributed by atoms with Gasteiger partial charge in [0.15, 0.2) is 5.17 Å². The summed E-state index contributed by atoms with van der Waals surface area (Å²) < 4.78 is 16.4. The number of amidine groups is 1. The second kappa shape index (κ2) is 8.63. The Morgan fingerprint density at radius 2 is 1.97 bits per heavy atom. The van der Waals surface area contributed by atoms with Crippen LogP contribution < -0.4 is 4.90 Å². The molecule has 0 fully saturated rings. The fourth-order valence-electron chi connectivity index (χ4n) is 2.86. The number of benzene rings is 2. The number of carbonyl (C=O) groups excluding carboxylic acids is 1. The number of aromatic nitrogens is 2. The Bertz CT molecular complexity index is 1190. The zero-order valence-corrected chi connectivity index (χ0v) is 18.0. The Morgan fingerprint density at radius 1 is 1.17 bits per heavy atom. The quantitative estimate of drug-likeness (QED) is 0.480. The first-order valence-corrected chi connectivity index (χ1v) is 10.6. The molecule has 2 aromatic carbocycles. The smallest absolute Gasteiger partial charge is 0.283 e. The van der Waals surface area contributed by atoms with E-state index in [-0.39, 0.29) is 11.4 Å². The van der Waals surface area contributed by atoms with E-state index >= 15 is 0 Å². The first-order valence-electron chi connectivity index (χ1n) is 8.87. The predicted molar refractivity (Wildman–Crippen MR) is 120 cm³/mol. The zero-order chi connectivity index (χ0) is 21.3. The van der Waals surface area contributed by atoms with Crippen molar-refractivity contribution in [1.29, 1.82) is 0 Å². The molecule has 1 aromatic heterocycles. The van der Waals surface area contributed by atoms with Crippen LogP contribution in [-0.2, 0) is 17.6 Å². The van der Waals surface area contributed by atoms with Crippen LogP contribution in [0.5, 0.6) is 0 Å². The molecule has 0 aliphatic carbocycles. The van der Waals surface area contributed by atoms with Crippen LogP contribution in [-0.4, -0.2) is 20.6 Å². The Morgan fingerprint density at radius 3 is 2.67 bits per heavy atom. The highest BCUT2D eigenvalue weighted by Gasteiger charge is 2.33. The van der Waals surface area contributed by atoms with E-state index in [1.54, 1.807) is 48.7 Å². The third kappa shape index (κ3) is 4.14. The summed E-state index contributed by atoms with van der Waals surface area (Å²) in [7, 11) is 1.88. The minimum Gasteiger partial charge on any atom is -0.337 e. The van der Waals surface area contributed by atoms with Gasteiger partial charge in [-0.2, -0.15) is 0 Å². The molecule has 1 aliphatic heterocycles. The topological polar surface area (TPSA) is 50.5 Å². The van der Waals surface area contributed by atoms with Crippen LogP contribution in [0.2, 0.25) is 10.0 Å². The van der Waals surface area contributed by atoms with Gasteiger partial charge in [0.25, 0.3) is 5.91 Å². The van der Waals surface area contributed by atoms with E-state index < -0.39 is 11.7 Å². The minimum atomic E-state index is -0.507. The van der Waals surface area contributed by atoms with Gasteiger partial charge in [-0.15, -0.1) is 0 Å². The molecule has 0 saturated heterocycles. The zero-order valence-electron chi connectivity index (χ0n) is 15.7. The number of aryl methyl sites for hydroxylation is 1. The fourth-order valence-corrected chi connectivity index (χ4v) is 4.18. The molecule has 5 nitrogen and oxygen atoms in total. The maximum absolute atomic E-state index is 14.5. The highest BCUT2D eigenvalue weighted by Crippen LogP contribution is 2.32. The molecular weight excluding hydrogens is 446 g/mol. The third-order valence-electron chi connectivity index (χ3n) is 4.42. The monoisotopic (exact) mass is 460 g/mol. The van der Waals surface area contributed by atoms with Gasteiger partial charge in [-0.05, 0) is 35.9 Å². The van der Waals surface area contributed by atoms with E-state index in [1.807, 2.05) is 17.8 Å². The number of anilines is 1.